The second-order valence-electron chi connectivity index (χ2n) is 3.48. The van der Waals surface area contributed by atoms with Gasteiger partial charge in [-0.05, 0) is 0 Å². The van der Waals surface area contributed by atoms with Crippen molar-refractivity contribution in [1.29, 1.82) is 5.26 Å². The number of aromatic nitrogens is 4. The van der Waals surface area contributed by atoms with Crippen LogP contribution in [0.25, 0.3) is 16.9 Å². The Morgan fingerprint density at radius 3 is 2.65 bits per heavy atom. The largest absolute Gasteiger partial charge is 0.210 e. The summed E-state index contributed by atoms with van der Waals surface area (Å²) in [7, 11) is 0. The van der Waals surface area contributed by atoms with E-state index in [0.29, 0.717) is 11.3 Å². The topological polar surface area (TPSA) is 66.9 Å². The van der Waals surface area contributed by atoms with Crippen molar-refractivity contribution in [3.05, 3.63) is 48.3 Å². The lowest BCUT2D eigenvalue weighted by Crippen LogP contribution is -2.02. The highest BCUT2D eigenvalue weighted by Crippen LogP contribution is 2.21. The lowest BCUT2D eigenvalue weighted by Gasteiger charge is -2.04. The summed E-state index contributed by atoms with van der Waals surface area (Å²) in [5, 5.41) is 21.1. The molecule has 0 aliphatic heterocycles. The second kappa shape index (κ2) is 3.68. The van der Waals surface area contributed by atoms with Crippen LogP contribution in [0.3, 0.4) is 0 Å². The van der Waals surface area contributed by atoms with E-state index in [4.69, 9.17) is 5.26 Å². The number of nitrogens with zero attached hydrogens (tertiary/aromatic N) is 5. The zero-order chi connectivity index (χ0) is 11.7. The Hall–Kier alpha value is -2.74. The van der Waals surface area contributed by atoms with Crippen LogP contribution in [0.4, 0.5) is 0 Å². The number of nitriles is 1. The van der Waals surface area contributed by atoms with Gasteiger partial charge in [0, 0.05) is 11.6 Å². The molecule has 17 heavy (non-hydrogen) atoms. The molecule has 0 amide bonds. The van der Waals surface area contributed by atoms with Gasteiger partial charge in [-0.3, -0.25) is 0 Å². The van der Waals surface area contributed by atoms with Crippen molar-refractivity contribution < 1.29 is 0 Å². The van der Waals surface area contributed by atoms with E-state index in [0.717, 1.165) is 5.56 Å². The van der Waals surface area contributed by atoms with Gasteiger partial charge in [-0.2, -0.15) is 10.4 Å². The minimum atomic E-state index is 0.271. The SMILES string of the molecule is N#Cc1nnc2ccnn2c1-c1ccccc1. The van der Waals surface area contributed by atoms with Crippen LogP contribution in [0.1, 0.15) is 5.69 Å². The zero-order valence-electron chi connectivity index (χ0n) is 8.78. The predicted octanol–water partition coefficient (Wildman–Crippen LogP) is 1.66. The fraction of sp³-hybridized carbons (Fsp3) is 0. The molecule has 0 saturated heterocycles. The third kappa shape index (κ3) is 1.43. The first kappa shape index (κ1) is 9.48. The number of hydrogen-bond donors (Lipinski definition) is 0. The molecule has 2 heterocycles. The molecular weight excluding hydrogens is 214 g/mol. The fourth-order valence-corrected chi connectivity index (χ4v) is 1.72. The molecule has 0 N–H and O–H groups in total. The summed E-state index contributed by atoms with van der Waals surface area (Å²) in [6.07, 6.45) is 1.64. The highest BCUT2D eigenvalue weighted by molar-refractivity contribution is 5.66. The smallest absolute Gasteiger partial charge is 0.189 e. The Labute approximate surface area is 97.0 Å². The quantitative estimate of drug-likeness (QED) is 0.626. The highest BCUT2D eigenvalue weighted by Gasteiger charge is 2.12. The average Bonchev–Trinajstić information content (AvgIpc) is 2.86. The average molecular weight is 221 g/mol. The number of rotatable bonds is 1. The van der Waals surface area contributed by atoms with Crippen LogP contribution in [-0.2, 0) is 0 Å². The molecule has 0 aliphatic carbocycles. The lowest BCUT2D eigenvalue weighted by atomic mass is 10.1. The lowest BCUT2D eigenvalue weighted by molar-refractivity contribution is 0.887. The second-order valence-corrected chi connectivity index (χ2v) is 3.48. The van der Waals surface area contributed by atoms with Gasteiger partial charge in [-0.15, -0.1) is 10.2 Å². The first-order chi connectivity index (χ1) is 8.40. The number of hydrogen-bond acceptors (Lipinski definition) is 4. The normalized spacial score (nSPS) is 10.3. The highest BCUT2D eigenvalue weighted by atomic mass is 15.3. The molecule has 3 rings (SSSR count). The maximum atomic E-state index is 9.08. The molecule has 5 nitrogen and oxygen atoms in total. The fourth-order valence-electron chi connectivity index (χ4n) is 1.72. The van der Waals surface area contributed by atoms with Gasteiger partial charge in [0.05, 0.1) is 6.20 Å². The van der Waals surface area contributed by atoms with Crippen LogP contribution in [0.2, 0.25) is 0 Å². The number of fused-ring (bicyclic) bond motifs is 1. The summed E-state index contributed by atoms with van der Waals surface area (Å²) in [5.41, 5.74) is 2.46. The van der Waals surface area contributed by atoms with Gasteiger partial charge in [-0.1, -0.05) is 30.3 Å². The summed E-state index contributed by atoms with van der Waals surface area (Å²) < 4.78 is 1.63. The molecule has 3 aromatic rings. The third-order valence-corrected chi connectivity index (χ3v) is 2.46. The first-order valence-electron chi connectivity index (χ1n) is 5.06. The van der Waals surface area contributed by atoms with Crippen molar-refractivity contribution in [3.8, 4) is 17.3 Å². The van der Waals surface area contributed by atoms with Crippen molar-refractivity contribution in [1.82, 2.24) is 19.8 Å². The van der Waals surface area contributed by atoms with Gasteiger partial charge >= 0.3 is 0 Å². The molecule has 0 radical (unpaired) electrons. The van der Waals surface area contributed by atoms with Crippen LogP contribution >= 0.6 is 0 Å². The van der Waals surface area contributed by atoms with Crippen molar-refractivity contribution in [2.75, 3.05) is 0 Å². The van der Waals surface area contributed by atoms with Gasteiger partial charge in [0.2, 0.25) is 0 Å². The molecule has 0 saturated carbocycles. The summed E-state index contributed by atoms with van der Waals surface area (Å²) in [6.45, 7) is 0. The Bertz CT molecular complexity index is 709. The Morgan fingerprint density at radius 1 is 1.06 bits per heavy atom. The summed E-state index contributed by atoms with van der Waals surface area (Å²) in [6, 6.07) is 13.4. The van der Waals surface area contributed by atoms with Crippen molar-refractivity contribution >= 4 is 5.65 Å². The van der Waals surface area contributed by atoms with Crippen LogP contribution in [-0.4, -0.2) is 19.8 Å². The van der Waals surface area contributed by atoms with Gasteiger partial charge in [-0.25, -0.2) is 4.52 Å². The molecule has 2 aromatic heterocycles. The standard InChI is InChI=1S/C12H7N5/c13-8-10-12(9-4-2-1-3-5-9)17-11(16-15-10)6-7-14-17/h1-7H. The van der Waals surface area contributed by atoms with Crippen molar-refractivity contribution in [2.24, 2.45) is 0 Å². The van der Waals surface area contributed by atoms with Gasteiger partial charge < -0.3 is 0 Å². The van der Waals surface area contributed by atoms with E-state index in [1.807, 2.05) is 36.4 Å². The van der Waals surface area contributed by atoms with E-state index >= 15 is 0 Å². The van der Waals surface area contributed by atoms with Crippen LogP contribution < -0.4 is 0 Å². The van der Waals surface area contributed by atoms with E-state index in [1.165, 1.54) is 0 Å². The van der Waals surface area contributed by atoms with E-state index in [2.05, 4.69) is 15.3 Å². The van der Waals surface area contributed by atoms with Crippen molar-refractivity contribution in [2.45, 2.75) is 0 Å². The van der Waals surface area contributed by atoms with E-state index in [-0.39, 0.29) is 5.69 Å². The van der Waals surface area contributed by atoms with Crippen molar-refractivity contribution in [3.63, 3.8) is 0 Å². The van der Waals surface area contributed by atoms with E-state index in [9.17, 15) is 0 Å². The minimum absolute atomic E-state index is 0.271. The maximum Gasteiger partial charge on any atom is 0.189 e. The zero-order valence-corrected chi connectivity index (χ0v) is 8.78. The minimum Gasteiger partial charge on any atom is -0.210 e. The maximum absolute atomic E-state index is 9.08. The van der Waals surface area contributed by atoms with Gasteiger partial charge in [0.1, 0.15) is 11.8 Å². The number of benzene rings is 1. The Kier molecular flexibility index (Phi) is 2.06. The molecule has 0 unspecified atom stereocenters. The van der Waals surface area contributed by atoms with E-state index in [1.54, 1.807) is 16.8 Å². The molecule has 0 spiro atoms. The molecule has 80 valence electrons. The molecular formula is C12H7N5. The first-order valence-corrected chi connectivity index (χ1v) is 5.06. The van der Waals surface area contributed by atoms with Crippen LogP contribution in [0, 0.1) is 11.3 Å². The summed E-state index contributed by atoms with van der Waals surface area (Å²) in [5.74, 6) is 0. The molecule has 1 aromatic carbocycles. The molecule has 0 bridgehead atoms. The van der Waals surface area contributed by atoms with Crippen LogP contribution in [0.5, 0.6) is 0 Å². The molecule has 0 fully saturated rings. The van der Waals surface area contributed by atoms with Crippen LogP contribution in [0.15, 0.2) is 42.6 Å². The molecule has 5 heteroatoms. The van der Waals surface area contributed by atoms with Gasteiger partial charge in [0.25, 0.3) is 0 Å². The Balaban J connectivity index is 2.41. The monoisotopic (exact) mass is 221 g/mol. The van der Waals surface area contributed by atoms with E-state index < -0.39 is 0 Å². The summed E-state index contributed by atoms with van der Waals surface area (Å²) >= 11 is 0. The third-order valence-electron chi connectivity index (χ3n) is 2.46. The molecule has 0 aliphatic rings. The van der Waals surface area contributed by atoms with Gasteiger partial charge in [0.15, 0.2) is 11.3 Å². The Morgan fingerprint density at radius 2 is 1.88 bits per heavy atom. The molecule has 0 atom stereocenters. The predicted molar refractivity (Wildman–Crippen MR) is 60.9 cm³/mol. The summed E-state index contributed by atoms with van der Waals surface area (Å²) in [4.78, 5) is 0.